The number of alkyl halides is 3. The van der Waals surface area contributed by atoms with E-state index < -0.39 is 23.8 Å². The number of thioether (sulfide) groups is 1. The number of carbonyl (C=O) groups is 1. The number of halogens is 4. The molecule has 1 heterocycles. The number of hydrogen-bond donors (Lipinski definition) is 2. The van der Waals surface area contributed by atoms with Gasteiger partial charge in [0.2, 0.25) is 0 Å². The molecule has 0 aliphatic heterocycles. The normalized spacial score (nSPS) is 12.3. The zero-order valence-corrected chi connectivity index (χ0v) is 22.4. The summed E-state index contributed by atoms with van der Waals surface area (Å²) in [5.74, 6) is 1.04. The summed E-state index contributed by atoms with van der Waals surface area (Å²) in [4.78, 5) is 12.7. The van der Waals surface area contributed by atoms with Crippen molar-refractivity contribution in [3.63, 3.8) is 0 Å². The van der Waals surface area contributed by atoms with Crippen LogP contribution in [0.3, 0.4) is 0 Å². The SMILES string of the molecule is Cc1cccc(CSc2nnc(C(C)NC(=O)Nc3ccccc3C(F)(F)F)n2-c2cc(Cl)ccc2C)c1. The molecule has 38 heavy (non-hydrogen) atoms. The average Bonchev–Trinajstić information content (AvgIpc) is 3.28. The Balaban J connectivity index is 1.62. The van der Waals surface area contributed by atoms with Crippen LogP contribution in [0.2, 0.25) is 5.02 Å². The third-order valence-electron chi connectivity index (χ3n) is 5.74. The van der Waals surface area contributed by atoms with Gasteiger partial charge < -0.3 is 10.6 Å². The van der Waals surface area contributed by atoms with Crippen LogP contribution in [-0.4, -0.2) is 20.8 Å². The fourth-order valence-corrected chi connectivity index (χ4v) is 4.97. The molecule has 0 fully saturated rings. The molecule has 0 aliphatic rings. The van der Waals surface area contributed by atoms with E-state index in [1.165, 1.54) is 30.0 Å². The van der Waals surface area contributed by atoms with Crippen molar-refractivity contribution in [3.05, 3.63) is 99.8 Å². The van der Waals surface area contributed by atoms with E-state index in [1.807, 2.05) is 42.7 Å². The first-order valence-electron chi connectivity index (χ1n) is 11.7. The van der Waals surface area contributed by atoms with Gasteiger partial charge in [-0.15, -0.1) is 10.2 Å². The van der Waals surface area contributed by atoms with E-state index in [0.29, 0.717) is 21.8 Å². The lowest BCUT2D eigenvalue weighted by molar-refractivity contribution is -0.136. The Morgan fingerprint density at radius 1 is 1.05 bits per heavy atom. The largest absolute Gasteiger partial charge is 0.418 e. The highest BCUT2D eigenvalue weighted by Gasteiger charge is 2.33. The number of aromatic nitrogens is 3. The van der Waals surface area contributed by atoms with Gasteiger partial charge in [0.15, 0.2) is 11.0 Å². The number of nitrogens with zero attached hydrogens (tertiary/aromatic N) is 3. The molecule has 4 aromatic rings. The van der Waals surface area contributed by atoms with Gasteiger partial charge in [0.1, 0.15) is 0 Å². The molecule has 0 spiro atoms. The highest BCUT2D eigenvalue weighted by Crippen LogP contribution is 2.35. The summed E-state index contributed by atoms with van der Waals surface area (Å²) in [6.07, 6.45) is -4.61. The standard InChI is InChI=1S/C27H25ClF3N5OS/c1-16-7-6-8-19(13-16)15-38-26-35-34-24(36(26)23-14-20(28)12-11-17(23)2)18(3)32-25(37)33-22-10-5-4-9-21(22)27(29,30)31/h4-14,18H,15H2,1-3H3,(H2,32,33,37). The van der Waals surface area contributed by atoms with E-state index in [4.69, 9.17) is 11.6 Å². The smallest absolute Gasteiger partial charge is 0.328 e. The Labute approximate surface area is 227 Å². The minimum Gasteiger partial charge on any atom is -0.328 e. The van der Waals surface area contributed by atoms with Crippen LogP contribution < -0.4 is 10.6 Å². The number of aryl methyl sites for hydroxylation is 2. The predicted octanol–water partition coefficient (Wildman–Crippen LogP) is 7.73. The fraction of sp³-hybridized carbons (Fsp3) is 0.222. The van der Waals surface area contributed by atoms with Crippen LogP contribution in [0.25, 0.3) is 5.69 Å². The highest BCUT2D eigenvalue weighted by molar-refractivity contribution is 7.98. The first-order chi connectivity index (χ1) is 18.0. The first kappa shape index (κ1) is 27.5. The maximum Gasteiger partial charge on any atom is 0.418 e. The molecule has 6 nitrogen and oxygen atoms in total. The van der Waals surface area contributed by atoms with E-state index in [2.05, 4.69) is 26.9 Å². The van der Waals surface area contributed by atoms with Gasteiger partial charge in [0.25, 0.3) is 0 Å². The monoisotopic (exact) mass is 559 g/mol. The lowest BCUT2D eigenvalue weighted by Crippen LogP contribution is -2.33. The highest BCUT2D eigenvalue weighted by atomic mass is 35.5. The second-order valence-electron chi connectivity index (χ2n) is 8.75. The van der Waals surface area contributed by atoms with Crippen molar-refractivity contribution in [1.29, 1.82) is 0 Å². The number of hydrogen-bond acceptors (Lipinski definition) is 4. The molecule has 2 N–H and O–H groups in total. The maximum absolute atomic E-state index is 13.4. The van der Waals surface area contributed by atoms with Crippen LogP contribution >= 0.6 is 23.4 Å². The van der Waals surface area contributed by atoms with E-state index in [9.17, 15) is 18.0 Å². The summed E-state index contributed by atoms with van der Waals surface area (Å²) in [7, 11) is 0. The summed E-state index contributed by atoms with van der Waals surface area (Å²) in [6, 6.07) is 16.9. The van der Waals surface area contributed by atoms with Crippen LogP contribution in [0.5, 0.6) is 0 Å². The Morgan fingerprint density at radius 2 is 1.82 bits per heavy atom. The first-order valence-corrected chi connectivity index (χ1v) is 13.0. The summed E-state index contributed by atoms with van der Waals surface area (Å²) >= 11 is 7.78. The third kappa shape index (κ3) is 6.49. The molecule has 0 saturated carbocycles. The summed E-state index contributed by atoms with van der Waals surface area (Å²) in [5, 5.41) is 14.8. The third-order valence-corrected chi connectivity index (χ3v) is 6.97. The van der Waals surface area contributed by atoms with Crippen LogP contribution in [0.15, 0.2) is 71.9 Å². The zero-order valence-electron chi connectivity index (χ0n) is 20.8. The van der Waals surface area contributed by atoms with Gasteiger partial charge in [-0.3, -0.25) is 4.57 Å². The lowest BCUT2D eigenvalue weighted by Gasteiger charge is -2.19. The minimum atomic E-state index is -4.61. The Bertz CT molecular complexity index is 1460. The Morgan fingerprint density at radius 3 is 2.55 bits per heavy atom. The van der Waals surface area contributed by atoms with Crippen LogP contribution in [0, 0.1) is 13.8 Å². The summed E-state index contributed by atoms with van der Waals surface area (Å²) in [5.41, 5.74) is 2.63. The summed E-state index contributed by atoms with van der Waals surface area (Å²) < 4.78 is 41.9. The van der Waals surface area contributed by atoms with E-state index in [1.54, 1.807) is 19.1 Å². The summed E-state index contributed by atoms with van der Waals surface area (Å²) in [6.45, 7) is 5.63. The lowest BCUT2D eigenvalue weighted by atomic mass is 10.1. The maximum atomic E-state index is 13.4. The predicted molar refractivity (Wildman–Crippen MR) is 144 cm³/mol. The molecule has 3 aromatic carbocycles. The number of urea groups is 1. The fourth-order valence-electron chi connectivity index (χ4n) is 3.91. The minimum absolute atomic E-state index is 0.341. The second-order valence-corrected chi connectivity index (χ2v) is 10.1. The molecule has 1 atom stereocenters. The van der Waals surface area contributed by atoms with Gasteiger partial charge in [-0.25, -0.2) is 4.79 Å². The molecule has 0 bridgehead atoms. The second kappa shape index (κ2) is 11.5. The molecule has 1 aromatic heterocycles. The number of amides is 2. The van der Waals surface area contributed by atoms with Gasteiger partial charge in [-0.05, 0) is 56.2 Å². The van der Waals surface area contributed by atoms with E-state index in [-0.39, 0.29) is 5.69 Å². The number of benzene rings is 3. The van der Waals surface area contributed by atoms with Crippen molar-refractivity contribution in [2.45, 2.75) is 43.9 Å². The van der Waals surface area contributed by atoms with Gasteiger partial charge in [-0.2, -0.15) is 13.2 Å². The topological polar surface area (TPSA) is 71.8 Å². The van der Waals surface area contributed by atoms with E-state index in [0.717, 1.165) is 28.4 Å². The number of carbonyl (C=O) groups excluding carboxylic acids is 1. The number of anilines is 1. The van der Waals surface area contributed by atoms with Gasteiger partial charge in [0.05, 0.1) is 23.0 Å². The van der Waals surface area contributed by atoms with Crippen molar-refractivity contribution in [3.8, 4) is 5.69 Å². The van der Waals surface area contributed by atoms with Crippen molar-refractivity contribution in [2.24, 2.45) is 0 Å². The quantitative estimate of drug-likeness (QED) is 0.227. The van der Waals surface area contributed by atoms with Gasteiger partial charge in [0, 0.05) is 10.8 Å². The molecule has 0 aliphatic carbocycles. The van der Waals surface area contributed by atoms with Crippen molar-refractivity contribution in [2.75, 3.05) is 5.32 Å². The molecule has 11 heteroatoms. The molecule has 4 rings (SSSR count). The Kier molecular flexibility index (Phi) is 8.32. The molecule has 0 radical (unpaired) electrons. The number of rotatable bonds is 7. The molecular formula is C27H25ClF3N5OS. The van der Waals surface area contributed by atoms with Crippen molar-refractivity contribution >= 4 is 35.1 Å². The molecule has 2 amide bonds. The van der Waals surface area contributed by atoms with Crippen molar-refractivity contribution in [1.82, 2.24) is 20.1 Å². The van der Waals surface area contributed by atoms with E-state index >= 15 is 0 Å². The molecule has 1 unspecified atom stereocenters. The van der Waals surface area contributed by atoms with Gasteiger partial charge >= 0.3 is 12.2 Å². The Hall–Kier alpha value is -3.50. The molecule has 198 valence electrons. The molecule has 0 saturated heterocycles. The number of para-hydroxylation sites is 1. The van der Waals surface area contributed by atoms with Crippen molar-refractivity contribution < 1.29 is 18.0 Å². The van der Waals surface area contributed by atoms with Crippen LogP contribution in [0.1, 0.15) is 41.0 Å². The molecular weight excluding hydrogens is 535 g/mol. The van der Waals surface area contributed by atoms with Crippen LogP contribution in [0.4, 0.5) is 23.7 Å². The average molecular weight is 560 g/mol. The zero-order chi connectivity index (χ0) is 27.4. The van der Waals surface area contributed by atoms with Crippen LogP contribution in [-0.2, 0) is 11.9 Å². The number of nitrogens with one attached hydrogen (secondary N) is 2. The van der Waals surface area contributed by atoms with Gasteiger partial charge in [-0.1, -0.05) is 71.4 Å².